The molecule has 1 aliphatic heterocycles. The monoisotopic (exact) mass is 444 g/mol. The Labute approximate surface area is 184 Å². The highest BCUT2D eigenvalue weighted by atomic mass is 35.5. The Kier molecular flexibility index (Phi) is 10.4. The van der Waals surface area contributed by atoms with Crippen LogP contribution < -0.4 is 10.6 Å². The van der Waals surface area contributed by atoms with Crippen molar-refractivity contribution in [2.45, 2.75) is 45.7 Å². The molecule has 1 atom stereocenters. The van der Waals surface area contributed by atoms with Gasteiger partial charge in [0.15, 0.2) is 0 Å². The van der Waals surface area contributed by atoms with E-state index in [1.165, 1.54) is 12.8 Å². The second kappa shape index (κ2) is 11.7. The Morgan fingerprint density at radius 3 is 2.86 bits per heavy atom. The minimum atomic E-state index is -0.00665. The SMILES string of the molecule is CNC1CCCN(Cc2csc(CC(=O)Nc3cc(C)ccc3C)n2)C1.Cl.Cl. The molecule has 1 amide bonds. The number of likely N-dealkylation sites (tertiary alicyclic amines) is 1. The maximum absolute atomic E-state index is 12.4. The van der Waals surface area contributed by atoms with Crippen molar-refractivity contribution in [2.24, 2.45) is 0 Å². The van der Waals surface area contributed by atoms with E-state index in [9.17, 15) is 4.79 Å². The van der Waals surface area contributed by atoms with E-state index in [-0.39, 0.29) is 30.7 Å². The van der Waals surface area contributed by atoms with Crippen molar-refractivity contribution in [3.63, 3.8) is 0 Å². The van der Waals surface area contributed by atoms with Crippen molar-refractivity contribution in [3.05, 3.63) is 45.4 Å². The molecule has 5 nitrogen and oxygen atoms in total. The van der Waals surface area contributed by atoms with Crippen LogP contribution in [0.1, 0.15) is 34.7 Å². The number of anilines is 1. The van der Waals surface area contributed by atoms with Crippen molar-refractivity contribution in [2.75, 3.05) is 25.5 Å². The van der Waals surface area contributed by atoms with Crippen LogP contribution in [0.15, 0.2) is 23.6 Å². The second-order valence-electron chi connectivity index (χ2n) is 7.14. The average molecular weight is 445 g/mol. The van der Waals surface area contributed by atoms with Gasteiger partial charge in [-0.3, -0.25) is 9.69 Å². The molecule has 1 aromatic carbocycles. The lowest BCUT2D eigenvalue weighted by Crippen LogP contribution is -2.43. The Hall–Kier alpha value is -1.18. The van der Waals surface area contributed by atoms with E-state index in [0.29, 0.717) is 12.5 Å². The number of thiazole rings is 1. The average Bonchev–Trinajstić information content (AvgIpc) is 3.05. The number of aryl methyl sites for hydroxylation is 2. The smallest absolute Gasteiger partial charge is 0.231 e. The summed E-state index contributed by atoms with van der Waals surface area (Å²) in [6.45, 7) is 7.09. The van der Waals surface area contributed by atoms with Gasteiger partial charge in [-0.1, -0.05) is 12.1 Å². The third-order valence-corrected chi connectivity index (χ3v) is 5.78. The summed E-state index contributed by atoms with van der Waals surface area (Å²) < 4.78 is 0. The number of carbonyl (C=O) groups excluding carboxylic acids is 1. The van der Waals surface area contributed by atoms with Crippen LogP contribution in [-0.4, -0.2) is 42.0 Å². The van der Waals surface area contributed by atoms with Crippen LogP contribution >= 0.6 is 36.2 Å². The Bertz CT molecular complexity index is 768. The largest absolute Gasteiger partial charge is 0.325 e. The van der Waals surface area contributed by atoms with Gasteiger partial charge in [-0.05, 0) is 57.5 Å². The highest BCUT2D eigenvalue weighted by molar-refractivity contribution is 7.09. The quantitative estimate of drug-likeness (QED) is 0.707. The van der Waals surface area contributed by atoms with E-state index in [4.69, 9.17) is 0 Å². The van der Waals surface area contributed by atoms with Gasteiger partial charge in [-0.2, -0.15) is 0 Å². The number of benzene rings is 1. The molecule has 1 saturated heterocycles. The fraction of sp³-hybridized carbons (Fsp3) is 0.500. The standard InChI is InChI=1S/C20H28N4OS.2ClH/c1-14-6-7-15(2)18(9-14)23-19(25)10-20-22-17(13-26-20)12-24-8-4-5-16(11-24)21-3;;/h6-7,9,13,16,21H,4-5,8,10-12H2,1-3H3,(H,23,25);2*1H. The van der Waals surface area contributed by atoms with Crippen LogP contribution in [0.2, 0.25) is 0 Å². The van der Waals surface area contributed by atoms with Gasteiger partial charge < -0.3 is 10.6 Å². The number of nitrogens with one attached hydrogen (secondary N) is 2. The Balaban J connectivity index is 0.00000196. The molecule has 1 aliphatic rings. The van der Waals surface area contributed by atoms with Gasteiger partial charge in [0.05, 0.1) is 12.1 Å². The van der Waals surface area contributed by atoms with E-state index < -0.39 is 0 Å². The van der Waals surface area contributed by atoms with Crippen LogP contribution in [0.5, 0.6) is 0 Å². The van der Waals surface area contributed by atoms with Gasteiger partial charge in [-0.25, -0.2) is 4.98 Å². The molecule has 0 radical (unpaired) electrons. The highest BCUT2D eigenvalue weighted by Crippen LogP contribution is 2.19. The minimum Gasteiger partial charge on any atom is -0.325 e. The molecule has 0 bridgehead atoms. The lowest BCUT2D eigenvalue weighted by atomic mass is 10.1. The topological polar surface area (TPSA) is 57.3 Å². The zero-order valence-corrected chi connectivity index (χ0v) is 19.1. The molecule has 0 aliphatic carbocycles. The normalized spacial score (nSPS) is 16.8. The molecule has 2 heterocycles. The van der Waals surface area contributed by atoms with Crippen LogP contribution in [0.3, 0.4) is 0 Å². The number of carbonyl (C=O) groups is 1. The zero-order chi connectivity index (χ0) is 18.5. The summed E-state index contributed by atoms with van der Waals surface area (Å²) in [4.78, 5) is 19.5. The van der Waals surface area contributed by atoms with E-state index >= 15 is 0 Å². The predicted molar refractivity (Wildman–Crippen MR) is 122 cm³/mol. The molecule has 1 fully saturated rings. The van der Waals surface area contributed by atoms with Crippen molar-refractivity contribution < 1.29 is 4.79 Å². The van der Waals surface area contributed by atoms with E-state index in [1.54, 1.807) is 11.3 Å². The first-order valence-corrected chi connectivity index (χ1v) is 10.1. The summed E-state index contributed by atoms with van der Waals surface area (Å²) in [6, 6.07) is 6.67. The maximum atomic E-state index is 12.4. The molecular weight excluding hydrogens is 415 g/mol. The van der Waals surface area contributed by atoms with E-state index in [1.807, 2.05) is 33.0 Å². The molecule has 0 saturated carbocycles. The van der Waals surface area contributed by atoms with Crippen LogP contribution in [0, 0.1) is 13.8 Å². The van der Waals surface area contributed by atoms with Gasteiger partial charge in [-0.15, -0.1) is 36.2 Å². The number of likely N-dealkylation sites (N-methyl/N-ethyl adjacent to an activating group) is 1. The van der Waals surface area contributed by atoms with E-state index in [0.717, 1.165) is 47.2 Å². The number of aromatic nitrogens is 1. The molecule has 8 heteroatoms. The molecule has 3 rings (SSSR count). The molecule has 2 N–H and O–H groups in total. The van der Waals surface area contributed by atoms with E-state index in [2.05, 4.69) is 32.0 Å². The van der Waals surface area contributed by atoms with Crippen LogP contribution in [-0.2, 0) is 17.8 Å². The minimum absolute atomic E-state index is 0. The first-order valence-electron chi connectivity index (χ1n) is 9.23. The maximum Gasteiger partial charge on any atom is 0.231 e. The number of hydrogen-bond donors (Lipinski definition) is 2. The fourth-order valence-electron chi connectivity index (χ4n) is 3.37. The molecule has 28 heavy (non-hydrogen) atoms. The van der Waals surface area contributed by atoms with Crippen LogP contribution in [0.25, 0.3) is 0 Å². The first-order chi connectivity index (χ1) is 12.5. The summed E-state index contributed by atoms with van der Waals surface area (Å²) in [5, 5.41) is 9.35. The number of hydrogen-bond acceptors (Lipinski definition) is 5. The van der Waals surface area contributed by atoms with Gasteiger partial charge in [0.25, 0.3) is 0 Å². The lowest BCUT2D eigenvalue weighted by Gasteiger charge is -2.31. The molecule has 156 valence electrons. The number of halogens is 2. The van der Waals surface area contributed by atoms with Gasteiger partial charge in [0.1, 0.15) is 5.01 Å². The lowest BCUT2D eigenvalue weighted by molar-refractivity contribution is -0.115. The summed E-state index contributed by atoms with van der Waals surface area (Å²) >= 11 is 1.58. The van der Waals surface area contributed by atoms with Crippen molar-refractivity contribution in [1.82, 2.24) is 15.2 Å². The van der Waals surface area contributed by atoms with Gasteiger partial charge >= 0.3 is 0 Å². The fourth-order valence-corrected chi connectivity index (χ4v) is 4.15. The molecule has 2 aromatic rings. The van der Waals surface area contributed by atoms with Gasteiger partial charge in [0, 0.05) is 30.2 Å². The van der Waals surface area contributed by atoms with Crippen molar-refractivity contribution in [1.29, 1.82) is 0 Å². The van der Waals surface area contributed by atoms with Crippen molar-refractivity contribution in [3.8, 4) is 0 Å². The predicted octanol–water partition coefficient (Wildman–Crippen LogP) is 3.97. The Morgan fingerprint density at radius 2 is 2.11 bits per heavy atom. The number of rotatable bonds is 6. The highest BCUT2D eigenvalue weighted by Gasteiger charge is 2.19. The first kappa shape index (κ1) is 24.9. The summed E-state index contributed by atoms with van der Waals surface area (Å²) in [7, 11) is 2.03. The summed E-state index contributed by atoms with van der Waals surface area (Å²) in [5.41, 5.74) is 4.18. The molecular formula is C20H30Cl2N4OS. The molecule has 1 unspecified atom stereocenters. The third-order valence-electron chi connectivity index (χ3n) is 4.88. The van der Waals surface area contributed by atoms with Crippen LogP contribution in [0.4, 0.5) is 5.69 Å². The zero-order valence-electron chi connectivity index (χ0n) is 16.7. The number of amides is 1. The molecule has 1 aromatic heterocycles. The summed E-state index contributed by atoms with van der Waals surface area (Å²) in [6.07, 6.45) is 2.80. The third kappa shape index (κ3) is 7.01. The van der Waals surface area contributed by atoms with Gasteiger partial charge in [0.2, 0.25) is 5.91 Å². The number of nitrogens with zero attached hydrogens (tertiary/aromatic N) is 2. The van der Waals surface area contributed by atoms with Crippen molar-refractivity contribution >= 4 is 47.7 Å². The second-order valence-corrected chi connectivity index (χ2v) is 8.08. The number of piperidine rings is 1. The summed E-state index contributed by atoms with van der Waals surface area (Å²) in [5.74, 6) is -0.00665. The Morgan fingerprint density at radius 1 is 1.32 bits per heavy atom. The molecule has 0 spiro atoms.